The fourth-order valence-corrected chi connectivity index (χ4v) is 1.50. The van der Waals surface area contributed by atoms with E-state index in [0.29, 0.717) is 36.6 Å². The molecule has 0 radical (unpaired) electrons. The summed E-state index contributed by atoms with van der Waals surface area (Å²) in [6.07, 6.45) is 0. The number of nitrogens with zero attached hydrogens (tertiary/aromatic N) is 2. The van der Waals surface area contributed by atoms with Crippen LogP contribution < -0.4 is 5.73 Å². The molecule has 1 aromatic carbocycles. The number of ether oxygens (including phenoxy) is 1. The van der Waals surface area contributed by atoms with Gasteiger partial charge in [0.1, 0.15) is 5.69 Å². The molecule has 82 valence electrons. The number of nitriles is 1. The van der Waals surface area contributed by atoms with Gasteiger partial charge in [0.05, 0.1) is 30.2 Å². The molecule has 0 saturated carbocycles. The van der Waals surface area contributed by atoms with E-state index in [-0.39, 0.29) is 0 Å². The monoisotopic (exact) mass is 217 g/mol. The number of benzene rings is 1. The summed E-state index contributed by atoms with van der Waals surface area (Å²) in [4.78, 5) is 0. The quantitative estimate of drug-likeness (QED) is 0.777. The van der Waals surface area contributed by atoms with Gasteiger partial charge in [-0.25, -0.2) is 0 Å². The summed E-state index contributed by atoms with van der Waals surface area (Å²) >= 11 is 0. The highest BCUT2D eigenvalue weighted by Crippen LogP contribution is 2.22. The first-order chi connectivity index (χ1) is 7.86. The first kappa shape index (κ1) is 10.6. The highest BCUT2D eigenvalue weighted by Gasteiger charge is 2.11. The zero-order valence-electron chi connectivity index (χ0n) is 8.64. The molecule has 5 heteroatoms. The van der Waals surface area contributed by atoms with Crippen molar-refractivity contribution in [2.24, 2.45) is 5.73 Å². The topological polar surface area (TPSA) is 85.1 Å². The first-order valence-electron chi connectivity index (χ1n) is 4.92. The molecule has 0 aliphatic carbocycles. The Hall–Kier alpha value is -1.90. The van der Waals surface area contributed by atoms with Crippen LogP contribution in [-0.2, 0) is 11.3 Å². The Balaban J connectivity index is 2.35. The van der Waals surface area contributed by atoms with E-state index in [9.17, 15) is 0 Å². The van der Waals surface area contributed by atoms with Crippen LogP contribution in [0.5, 0.6) is 0 Å². The molecule has 5 nitrogen and oxygen atoms in total. The summed E-state index contributed by atoms with van der Waals surface area (Å²) in [7, 11) is 0. The van der Waals surface area contributed by atoms with Gasteiger partial charge >= 0.3 is 0 Å². The number of fused-ring (bicyclic) bond motifs is 1. The van der Waals surface area contributed by atoms with Gasteiger partial charge in [-0.2, -0.15) is 5.26 Å². The molecule has 2 aromatic rings. The normalized spacial score (nSPS) is 10.5. The van der Waals surface area contributed by atoms with Crippen molar-refractivity contribution in [3.63, 3.8) is 0 Å². The van der Waals surface area contributed by atoms with Crippen LogP contribution in [0.15, 0.2) is 22.7 Å². The zero-order chi connectivity index (χ0) is 11.4. The van der Waals surface area contributed by atoms with E-state index in [0.717, 1.165) is 5.39 Å². The summed E-state index contributed by atoms with van der Waals surface area (Å²) in [6, 6.07) is 7.37. The average Bonchev–Trinajstić information content (AvgIpc) is 2.73. The minimum absolute atomic E-state index is 0.308. The van der Waals surface area contributed by atoms with E-state index < -0.39 is 0 Å². The second kappa shape index (κ2) is 4.75. The SMILES string of the molecule is N#Cc1cccc2onc(COCCN)c12. The van der Waals surface area contributed by atoms with Crippen molar-refractivity contribution in [1.82, 2.24) is 5.16 Å². The maximum absolute atomic E-state index is 8.97. The third-order valence-electron chi connectivity index (χ3n) is 2.19. The molecule has 0 amide bonds. The Bertz CT molecular complexity index is 527. The van der Waals surface area contributed by atoms with Crippen molar-refractivity contribution in [3.8, 4) is 6.07 Å². The van der Waals surface area contributed by atoms with E-state index in [1.165, 1.54) is 0 Å². The van der Waals surface area contributed by atoms with Gasteiger partial charge in [0.25, 0.3) is 0 Å². The molecule has 0 aliphatic heterocycles. The molecule has 2 rings (SSSR count). The molecule has 0 atom stereocenters. The predicted octanol–water partition coefficient (Wildman–Crippen LogP) is 1.17. The predicted molar refractivity (Wildman–Crippen MR) is 57.4 cm³/mol. The van der Waals surface area contributed by atoms with Crippen molar-refractivity contribution < 1.29 is 9.26 Å². The summed E-state index contributed by atoms with van der Waals surface area (Å²) in [5.41, 5.74) is 7.10. The van der Waals surface area contributed by atoms with Crippen molar-refractivity contribution in [3.05, 3.63) is 29.5 Å². The van der Waals surface area contributed by atoms with E-state index >= 15 is 0 Å². The Morgan fingerprint density at radius 3 is 3.12 bits per heavy atom. The van der Waals surface area contributed by atoms with Gasteiger partial charge in [-0.05, 0) is 12.1 Å². The van der Waals surface area contributed by atoms with Gasteiger partial charge in [0, 0.05) is 6.54 Å². The van der Waals surface area contributed by atoms with Gasteiger partial charge < -0.3 is 15.0 Å². The van der Waals surface area contributed by atoms with E-state index in [2.05, 4.69) is 11.2 Å². The summed E-state index contributed by atoms with van der Waals surface area (Å²) in [5.74, 6) is 0. The van der Waals surface area contributed by atoms with Crippen LogP contribution in [0, 0.1) is 11.3 Å². The molecule has 0 aliphatic rings. The Kier molecular flexibility index (Phi) is 3.15. The largest absolute Gasteiger partial charge is 0.374 e. The lowest BCUT2D eigenvalue weighted by Gasteiger charge is -1.99. The number of hydrogen-bond donors (Lipinski definition) is 1. The molecular weight excluding hydrogens is 206 g/mol. The van der Waals surface area contributed by atoms with Crippen LogP contribution in [0.3, 0.4) is 0 Å². The molecule has 2 N–H and O–H groups in total. The first-order valence-corrected chi connectivity index (χ1v) is 4.92. The smallest absolute Gasteiger partial charge is 0.168 e. The lowest BCUT2D eigenvalue weighted by atomic mass is 10.1. The van der Waals surface area contributed by atoms with Crippen LogP contribution >= 0.6 is 0 Å². The number of rotatable bonds is 4. The minimum Gasteiger partial charge on any atom is -0.374 e. The number of aromatic nitrogens is 1. The van der Waals surface area contributed by atoms with Crippen LogP contribution in [-0.4, -0.2) is 18.3 Å². The standard InChI is InChI=1S/C11H11N3O2/c12-4-5-15-7-9-11-8(6-13)2-1-3-10(11)16-14-9/h1-3H,4-5,7,12H2. The number of nitrogens with two attached hydrogens (primary N) is 1. The van der Waals surface area contributed by atoms with Gasteiger partial charge in [0.2, 0.25) is 0 Å². The van der Waals surface area contributed by atoms with Gasteiger partial charge in [-0.15, -0.1) is 0 Å². The lowest BCUT2D eigenvalue weighted by molar-refractivity contribution is 0.123. The lowest BCUT2D eigenvalue weighted by Crippen LogP contribution is -2.08. The number of hydrogen-bond acceptors (Lipinski definition) is 5. The Morgan fingerprint density at radius 1 is 1.50 bits per heavy atom. The second-order valence-corrected chi connectivity index (χ2v) is 3.26. The van der Waals surface area contributed by atoms with E-state index in [4.69, 9.17) is 20.3 Å². The second-order valence-electron chi connectivity index (χ2n) is 3.26. The Morgan fingerprint density at radius 2 is 2.38 bits per heavy atom. The third kappa shape index (κ3) is 1.89. The van der Waals surface area contributed by atoms with Crippen LogP contribution in [0.1, 0.15) is 11.3 Å². The molecule has 0 fully saturated rings. The fourth-order valence-electron chi connectivity index (χ4n) is 1.50. The van der Waals surface area contributed by atoms with Crippen LogP contribution in [0.2, 0.25) is 0 Å². The molecule has 1 heterocycles. The van der Waals surface area contributed by atoms with Crippen LogP contribution in [0.4, 0.5) is 0 Å². The van der Waals surface area contributed by atoms with Crippen molar-refractivity contribution in [1.29, 1.82) is 5.26 Å². The van der Waals surface area contributed by atoms with E-state index in [1.807, 2.05) is 0 Å². The minimum atomic E-state index is 0.308. The summed E-state index contributed by atoms with van der Waals surface area (Å²) in [6.45, 7) is 1.23. The average molecular weight is 217 g/mol. The molecule has 16 heavy (non-hydrogen) atoms. The third-order valence-corrected chi connectivity index (χ3v) is 2.19. The van der Waals surface area contributed by atoms with Crippen molar-refractivity contribution in [2.45, 2.75) is 6.61 Å². The zero-order valence-corrected chi connectivity index (χ0v) is 8.64. The highest BCUT2D eigenvalue weighted by atomic mass is 16.5. The molecule has 0 spiro atoms. The fraction of sp³-hybridized carbons (Fsp3) is 0.273. The van der Waals surface area contributed by atoms with Gasteiger partial charge in [-0.1, -0.05) is 11.2 Å². The molecular formula is C11H11N3O2. The molecule has 1 aromatic heterocycles. The Labute approximate surface area is 92.4 Å². The van der Waals surface area contributed by atoms with Crippen LogP contribution in [0.25, 0.3) is 11.0 Å². The van der Waals surface area contributed by atoms with Crippen molar-refractivity contribution in [2.75, 3.05) is 13.2 Å². The summed E-state index contributed by atoms with van der Waals surface area (Å²) in [5, 5.41) is 13.6. The van der Waals surface area contributed by atoms with E-state index in [1.54, 1.807) is 18.2 Å². The molecule has 0 saturated heterocycles. The van der Waals surface area contributed by atoms with Gasteiger partial charge in [0.15, 0.2) is 5.58 Å². The highest BCUT2D eigenvalue weighted by molar-refractivity contribution is 5.85. The van der Waals surface area contributed by atoms with Crippen molar-refractivity contribution >= 4 is 11.0 Å². The molecule has 0 unspecified atom stereocenters. The molecule has 0 bridgehead atoms. The summed E-state index contributed by atoms with van der Waals surface area (Å²) < 4.78 is 10.4. The maximum Gasteiger partial charge on any atom is 0.168 e. The van der Waals surface area contributed by atoms with Gasteiger partial charge in [-0.3, -0.25) is 0 Å². The maximum atomic E-state index is 8.97.